The van der Waals surface area contributed by atoms with E-state index in [2.05, 4.69) is 10.6 Å². The number of carbonyl (C=O) groups excluding carboxylic acids is 3. The number of hydrogen-bond donors (Lipinski definition) is 4. The lowest BCUT2D eigenvalue weighted by molar-refractivity contribution is -0.129. The standard InChI is InChI=1S/C26H26N4O4/c1-16(17-8-10-20(11-9-17)26(33)34-2)29-24(31)22(18-6-4-3-5-7-18)25(32)30-21-14-12-19(13-15-21)23(27)28/h3-16,22H,1-2H3,(H3,27,28)(H,29,31)(H,30,32). The molecule has 3 rings (SSSR count). The van der Waals surface area contributed by atoms with Gasteiger partial charge in [0.2, 0.25) is 11.8 Å². The normalized spacial score (nSPS) is 12.2. The average molecular weight is 459 g/mol. The molecule has 34 heavy (non-hydrogen) atoms. The largest absolute Gasteiger partial charge is 0.465 e. The number of anilines is 1. The number of rotatable bonds is 8. The number of amidine groups is 1. The van der Waals surface area contributed by atoms with Crippen LogP contribution in [0.2, 0.25) is 0 Å². The fraction of sp³-hybridized carbons (Fsp3) is 0.154. The SMILES string of the molecule is COC(=O)c1ccc(C(C)NC(=O)C(C(=O)Nc2ccc(C(=N)N)cc2)c2ccccc2)cc1. The van der Waals surface area contributed by atoms with Gasteiger partial charge in [0.1, 0.15) is 11.8 Å². The van der Waals surface area contributed by atoms with E-state index in [0.29, 0.717) is 22.4 Å². The highest BCUT2D eigenvalue weighted by Crippen LogP contribution is 2.22. The number of ether oxygens (including phenoxy) is 1. The molecule has 0 aliphatic rings. The van der Waals surface area contributed by atoms with Crippen molar-refractivity contribution in [3.05, 3.63) is 101 Å². The fourth-order valence-electron chi connectivity index (χ4n) is 3.42. The molecule has 174 valence electrons. The lowest BCUT2D eigenvalue weighted by Crippen LogP contribution is -2.37. The molecule has 8 nitrogen and oxygen atoms in total. The van der Waals surface area contributed by atoms with Crippen molar-refractivity contribution in [2.24, 2.45) is 5.73 Å². The van der Waals surface area contributed by atoms with Crippen molar-refractivity contribution in [2.45, 2.75) is 18.9 Å². The molecule has 2 amide bonds. The van der Waals surface area contributed by atoms with Crippen LogP contribution in [0.4, 0.5) is 5.69 Å². The molecule has 0 heterocycles. The van der Waals surface area contributed by atoms with E-state index in [9.17, 15) is 14.4 Å². The van der Waals surface area contributed by atoms with Gasteiger partial charge in [0.25, 0.3) is 0 Å². The summed E-state index contributed by atoms with van der Waals surface area (Å²) in [6, 6.07) is 21.6. The summed E-state index contributed by atoms with van der Waals surface area (Å²) < 4.78 is 4.71. The number of carbonyl (C=O) groups is 3. The van der Waals surface area contributed by atoms with Gasteiger partial charge in [-0.2, -0.15) is 0 Å². The lowest BCUT2D eigenvalue weighted by atomic mass is 9.96. The van der Waals surface area contributed by atoms with Crippen molar-refractivity contribution >= 4 is 29.3 Å². The topological polar surface area (TPSA) is 134 Å². The predicted molar refractivity (Wildman–Crippen MR) is 130 cm³/mol. The molecule has 0 aliphatic heterocycles. The van der Waals surface area contributed by atoms with Crippen LogP contribution in [0.5, 0.6) is 0 Å². The van der Waals surface area contributed by atoms with Crippen LogP contribution in [0, 0.1) is 5.41 Å². The number of nitrogen functional groups attached to an aromatic ring is 1. The molecule has 0 saturated heterocycles. The van der Waals surface area contributed by atoms with Gasteiger partial charge in [-0.15, -0.1) is 0 Å². The number of nitrogens with one attached hydrogen (secondary N) is 3. The molecule has 2 unspecified atom stereocenters. The Kier molecular flexibility index (Phi) is 7.76. The van der Waals surface area contributed by atoms with Gasteiger partial charge in [-0.25, -0.2) is 4.79 Å². The number of esters is 1. The van der Waals surface area contributed by atoms with Gasteiger partial charge in [-0.05, 0) is 54.4 Å². The van der Waals surface area contributed by atoms with Crippen molar-refractivity contribution < 1.29 is 19.1 Å². The molecular formula is C26H26N4O4. The summed E-state index contributed by atoms with van der Waals surface area (Å²) in [7, 11) is 1.31. The highest BCUT2D eigenvalue weighted by atomic mass is 16.5. The van der Waals surface area contributed by atoms with Gasteiger partial charge in [0, 0.05) is 11.3 Å². The third-order valence-electron chi connectivity index (χ3n) is 5.31. The number of nitrogens with two attached hydrogens (primary N) is 1. The van der Waals surface area contributed by atoms with Crippen LogP contribution in [-0.2, 0) is 14.3 Å². The number of methoxy groups -OCH3 is 1. The Balaban J connectivity index is 1.78. The van der Waals surface area contributed by atoms with Crippen LogP contribution in [0.25, 0.3) is 0 Å². The first-order valence-electron chi connectivity index (χ1n) is 10.6. The Labute approximate surface area is 197 Å². The first kappa shape index (κ1) is 24.2. The summed E-state index contributed by atoms with van der Waals surface area (Å²) >= 11 is 0. The molecule has 0 spiro atoms. The van der Waals surface area contributed by atoms with Crippen LogP contribution in [0.3, 0.4) is 0 Å². The Morgan fingerprint density at radius 2 is 1.41 bits per heavy atom. The summed E-state index contributed by atoms with van der Waals surface area (Å²) in [5.74, 6) is -2.57. The van der Waals surface area contributed by atoms with Gasteiger partial charge in [0.05, 0.1) is 18.7 Å². The average Bonchev–Trinajstić information content (AvgIpc) is 2.84. The van der Waals surface area contributed by atoms with Crippen LogP contribution in [0.15, 0.2) is 78.9 Å². The van der Waals surface area contributed by atoms with E-state index in [1.807, 2.05) is 6.07 Å². The maximum absolute atomic E-state index is 13.2. The number of amides is 2. The summed E-state index contributed by atoms with van der Waals surface area (Å²) in [4.78, 5) is 38.0. The molecule has 8 heteroatoms. The van der Waals surface area contributed by atoms with E-state index < -0.39 is 29.7 Å². The second kappa shape index (κ2) is 10.9. The minimum absolute atomic E-state index is 0.0759. The zero-order valence-electron chi connectivity index (χ0n) is 18.9. The monoisotopic (exact) mass is 458 g/mol. The molecule has 3 aromatic carbocycles. The predicted octanol–water partition coefficient (Wildman–Crippen LogP) is 3.36. The maximum atomic E-state index is 13.2. The third kappa shape index (κ3) is 5.86. The van der Waals surface area contributed by atoms with E-state index >= 15 is 0 Å². The Morgan fingerprint density at radius 3 is 1.97 bits per heavy atom. The van der Waals surface area contributed by atoms with E-state index in [4.69, 9.17) is 15.9 Å². The highest BCUT2D eigenvalue weighted by Gasteiger charge is 2.29. The maximum Gasteiger partial charge on any atom is 0.337 e. The van der Waals surface area contributed by atoms with Crippen LogP contribution in [-0.4, -0.2) is 30.7 Å². The smallest absolute Gasteiger partial charge is 0.337 e. The van der Waals surface area contributed by atoms with Gasteiger partial charge < -0.3 is 21.1 Å². The molecule has 0 aromatic heterocycles. The Bertz CT molecular complexity index is 1180. The van der Waals surface area contributed by atoms with Gasteiger partial charge in [-0.3, -0.25) is 15.0 Å². The van der Waals surface area contributed by atoms with E-state index in [-0.39, 0.29) is 5.84 Å². The fourth-order valence-corrected chi connectivity index (χ4v) is 3.42. The summed E-state index contributed by atoms with van der Waals surface area (Å²) in [5.41, 5.74) is 8.21. The van der Waals surface area contributed by atoms with Crippen molar-refractivity contribution in [1.29, 1.82) is 5.41 Å². The molecule has 2 atom stereocenters. The van der Waals surface area contributed by atoms with Crippen LogP contribution in [0.1, 0.15) is 45.9 Å². The zero-order chi connectivity index (χ0) is 24.7. The van der Waals surface area contributed by atoms with Gasteiger partial charge >= 0.3 is 5.97 Å². The number of hydrogen-bond acceptors (Lipinski definition) is 5. The Hall–Kier alpha value is -4.46. The second-order valence-corrected chi connectivity index (χ2v) is 7.67. The van der Waals surface area contributed by atoms with Crippen LogP contribution >= 0.6 is 0 Å². The molecule has 0 saturated carbocycles. The van der Waals surface area contributed by atoms with Gasteiger partial charge in [0.15, 0.2) is 0 Å². The lowest BCUT2D eigenvalue weighted by Gasteiger charge is -2.21. The molecular weight excluding hydrogens is 432 g/mol. The second-order valence-electron chi connectivity index (χ2n) is 7.67. The van der Waals surface area contributed by atoms with Gasteiger partial charge in [-0.1, -0.05) is 42.5 Å². The molecule has 5 N–H and O–H groups in total. The molecule has 0 fully saturated rings. The first-order valence-corrected chi connectivity index (χ1v) is 10.6. The first-order chi connectivity index (χ1) is 16.3. The minimum Gasteiger partial charge on any atom is -0.465 e. The van der Waals surface area contributed by atoms with Crippen molar-refractivity contribution in [3.63, 3.8) is 0 Å². The molecule has 0 aliphatic carbocycles. The van der Waals surface area contributed by atoms with Crippen molar-refractivity contribution in [3.8, 4) is 0 Å². The van der Waals surface area contributed by atoms with Crippen molar-refractivity contribution in [2.75, 3.05) is 12.4 Å². The molecule has 3 aromatic rings. The quantitative estimate of drug-likeness (QED) is 0.178. The highest BCUT2D eigenvalue weighted by molar-refractivity contribution is 6.11. The van der Waals surface area contributed by atoms with E-state index in [1.54, 1.807) is 79.7 Å². The van der Waals surface area contributed by atoms with E-state index in [0.717, 1.165) is 5.56 Å². The molecule has 0 bridgehead atoms. The summed E-state index contributed by atoms with van der Waals surface area (Å²) in [5, 5.41) is 13.1. The summed E-state index contributed by atoms with van der Waals surface area (Å²) in [6.07, 6.45) is 0. The van der Waals surface area contributed by atoms with Crippen molar-refractivity contribution in [1.82, 2.24) is 5.32 Å². The zero-order valence-corrected chi connectivity index (χ0v) is 18.9. The Morgan fingerprint density at radius 1 is 0.824 bits per heavy atom. The van der Waals surface area contributed by atoms with E-state index in [1.165, 1.54) is 7.11 Å². The molecule has 0 radical (unpaired) electrons. The van der Waals surface area contributed by atoms with Crippen LogP contribution < -0.4 is 16.4 Å². The third-order valence-corrected chi connectivity index (χ3v) is 5.31. The number of benzene rings is 3. The summed E-state index contributed by atoms with van der Waals surface area (Å²) in [6.45, 7) is 1.80. The minimum atomic E-state index is -1.09.